The third-order valence-electron chi connectivity index (χ3n) is 5.73. The molecule has 3 aromatic rings. The van der Waals surface area contributed by atoms with Crippen molar-refractivity contribution in [1.82, 2.24) is 10.2 Å². The third kappa shape index (κ3) is 6.46. The topological polar surface area (TPSA) is 38.8 Å². The third-order valence-corrected chi connectivity index (χ3v) is 5.73. The summed E-state index contributed by atoms with van der Waals surface area (Å²) in [6.45, 7) is 4.04. The number of carbonyl (C=O) groups excluding carboxylic acids is 1. The molecule has 0 radical (unpaired) electrons. The van der Waals surface area contributed by atoms with Gasteiger partial charge >= 0.3 is 6.03 Å². The van der Waals surface area contributed by atoms with Crippen LogP contribution < -0.4 is 15.1 Å². The van der Waals surface area contributed by atoms with Gasteiger partial charge in [-0.25, -0.2) is 13.6 Å². The van der Waals surface area contributed by atoms with Crippen LogP contribution in [0.2, 0.25) is 0 Å². The van der Waals surface area contributed by atoms with Crippen molar-refractivity contribution in [3.05, 3.63) is 90.5 Å². The summed E-state index contributed by atoms with van der Waals surface area (Å²) in [5.41, 5.74) is 2.47. The molecule has 4 rings (SSSR count). The minimum atomic E-state index is -0.310. The number of urea groups is 1. The number of nitrogens with zero attached hydrogens (tertiary/aromatic N) is 3. The summed E-state index contributed by atoms with van der Waals surface area (Å²) < 4.78 is 27.0. The number of amides is 2. The first kappa shape index (κ1) is 25.5. The molecule has 0 saturated carbocycles. The predicted molar refractivity (Wildman–Crippen MR) is 135 cm³/mol. The Bertz CT molecular complexity index is 983. The Morgan fingerprint density at radius 3 is 1.82 bits per heavy atom. The Morgan fingerprint density at radius 1 is 0.765 bits per heavy atom. The molecular weight excluding hydrogens is 458 g/mol. The van der Waals surface area contributed by atoms with Gasteiger partial charge in [-0.3, -0.25) is 4.90 Å². The molecule has 180 valence electrons. The fourth-order valence-electron chi connectivity index (χ4n) is 4.01. The smallest absolute Gasteiger partial charge is 0.324 e. The molecule has 0 aromatic heterocycles. The minimum Gasteiger partial charge on any atom is -0.341 e. The van der Waals surface area contributed by atoms with Gasteiger partial charge < -0.3 is 15.1 Å². The van der Waals surface area contributed by atoms with Crippen LogP contribution in [0.15, 0.2) is 78.9 Å². The van der Waals surface area contributed by atoms with E-state index >= 15 is 0 Å². The average molecular weight is 487 g/mol. The molecule has 1 N–H and O–H groups in total. The van der Waals surface area contributed by atoms with Crippen molar-refractivity contribution in [2.45, 2.75) is 6.42 Å². The van der Waals surface area contributed by atoms with Gasteiger partial charge in [0.1, 0.15) is 11.6 Å². The molecule has 0 aliphatic carbocycles. The average Bonchev–Trinajstić information content (AvgIpc) is 2.86. The largest absolute Gasteiger partial charge is 0.341 e. The van der Waals surface area contributed by atoms with Crippen LogP contribution in [0.5, 0.6) is 0 Å². The van der Waals surface area contributed by atoms with Crippen molar-refractivity contribution in [3.63, 3.8) is 0 Å². The maximum Gasteiger partial charge on any atom is 0.324 e. The van der Waals surface area contributed by atoms with Crippen LogP contribution in [0, 0.1) is 11.6 Å². The lowest BCUT2D eigenvalue weighted by molar-refractivity contribution is 0.196. The van der Waals surface area contributed by atoms with Crippen LogP contribution >= 0.6 is 12.4 Å². The Balaban J connectivity index is 0.00000324. The molecule has 0 atom stereocenters. The SMILES string of the molecule is Cl.O=C(N1CCNCC1)N(CCCN(c1ccc(F)cc1)c1ccc(F)cc1)c1ccccc1. The van der Waals surface area contributed by atoms with Crippen molar-refractivity contribution in [3.8, 4) is 0 Å². The fraction of sp³-hybridized carbons (Fsp3) is 0.269. The maximum atomic E-state index is 13.5. The van der Waals surface area contributed by atoms with Crippen LogP contribution in [0.1, 0.15) is 6.42 Å². The number of halogens is 3. The molecule has 1 aliphatic rings. The first-order chi connectivity index (χ1) is 16.1. The van der Waals surface area contributed by atoms with E-state index in [9.17, 15) is 13.6 Å². The van der Waals surface area contributed by atoms with E-state index in [0.717, 1.165) is 30.2 Å². The van der Waals surface area contributed by atoms with Crippen LogP contribution in [0.25, 0.3) is 0 Å². The quantitative estimate of drug-likeness (QED) is 0.483. The van der Waals surface area contributed by atoms with Crippen molar-refractivity contribution < 1.29 is 13.6 Å². The second-order valence-corrected chi connectivity index (χ2v) is 7.96. The van der Waals surface area contributed by atoms with Gasteiger partial charge in [-0.05, 0) is 67.1 Å². The predicted octanol–water partition coefficient (Wildman–Crippen LogP) is 5.45. The molecule has 5 nitrogen and oxygen atoms in total. The van der Waals surface area contributed by atoms with E-state index < -0.39 is 0 Å². The van der Waals surface area contributed by atoms with E-state index in [1.165, 1.54) is 24.3 Å². The summed E-state index contributed by atoms with van der Waals surface area (Å²) in [5, 5.41) is 3.28. The number of nitrogens with one attached hydrogen (secondary N) is 1. The van der Waals surface area contributed by atoms with Crippen LogP contribution in [0.3, 0.4) is 0 Å². The zero-order valence-corrected chi connectivity index (χ0v) is 19.7. The van der Waals surface area contributed by atoms with Crippen molar-refractivity contribution in [2.24, 2.45) is 0 Å². The van der Waals surface area contributed by atoms with E-state index in [0.29, 0.717) is 32.6 Å². The molecule has 2 amide bonds. The van der Waals surface area contributed by atoms with Gasteiger partial charge in [-0.2, -0.15) is 0 Å². The molecule has 3 aromatic carbocycles. The van der Waals surface area contributed by atoms with Gasteiger partial charge in [-0.1, -0.05) is 18.2 Å². The molecular formula is C26H29ClF2N4O. The molecule has 8 heteroatoms. The fourth-order valence-corrected chi connectivity index (χ4v) is 4.01. The van der Waals surface area contributed by atoms with E-state index in [2.05, 4.69) is 5.32 Å². The lowest BCUT2D eigenvalue weighted by Crippen LogP contribution is -2.52. The van der Waals surface area contributed by atoms with Gasteiger partial charge in [0, 0.05) is 56.3 Å². The number of carbonyl (C=O) groups is 1. The molecule has 1 fully saturated rings. The van der Waals surface area contributed by atoms with Gasteiger partial charge in [-0.15, -0.1) is 12.4 Å². The van der Waals surface area contributed by atoms with Gasteiger partial charge in [0.2, 0.25) is 0 Å². The van der Waals surface area contributed by atoms with Crippen molar-refractivity contribution in [1.29, 1.82) is 0 Å². The lowest BCUT2D eigenvalue weighted by atomic mass is 10.2. The van der Waals surface area contributed by atoms with Crippen molar-refractivity contribution in [2.75, 3.05) is 49.1 Å². The highest BCUT2D eigenvalue weighted by atomic mass is 35.5. The number of anilines is 3. The molecule has 1 heterocycles. The number of piperazine rings is 1. The minimum absolute atomic E-state index is 0. The summed E-state index contributed by atoms with van der Waals surface area (Å²) in [6, 6.07) is 22.2. The summed E-state index contributed by atoms with van der Waals surface area (Å²) in [7, 11) is 0. The number of benzene rings is 3. The van der Waals surface area contributed by atoms with E-state index in [1.54, 1.807) is 24.3 Å². The monoisotopic (exact) mass is 486 g/mol. The molecule has 0 spiro atoms. The number of para-hydroxylation sites is 1. The second kappa shape index (κ2) is 12.3. The van der Waals surface area contributed by atoms with E-state index in [-0.39, 0.29) is 30.1 Å². The number of hydrogen-bond donors (Lipinski definition) is 1. The van der Waals surface area contributed by atoms with Gasteiger partial charge in [0.15, 0.2) is 0 Å². The van der Waals surface area contributed by atoms with Gasteiger partial charge in [0.25, 0.3) is 0 Å². The normalized spacial score (nSPS) is 13.2. The number of rotatable bonds is 7. The highest BCUT2D eigenvalue weighted by Gasteiger charge is 2.23. The van der Waals surface area contributed by atoms with Crippen LogP contribution in [0.4, 0.5) is 30.6 Å². The Kier molecular flexibility index (Phi) is 9.24. The van der Waals surface area contributed by atoms with E-state index in [4.69, 9.17) is 0 Å². The highest BCUT2D eigenvalue weighted by molar-refractivity contribution is 5.92. The Hall–Kier alpha value is -3.16. The molecule has 1 saturated heterocycles. The molecule has 0 bridgehead atoms. The number of hydrogen-bond acceptors (Lipinski definition) is 3. The van der Waals surface area contributed by atoms with Crippen molar-refractivity contribution >= 4 is 35.5 Å². The standard InChI is InChI=1S/C26H28F2N4O.ClH/c27-21-7-11-24(12-8-21)31(25-13-9-22(28)10-14-25)17-4-18-32(23-5-2-1-3-6-23)26(33)30-19-15-29-16-20-30;/h1-3,5-14,29H,4,15-20H2;1H. The summed E-state index contributed by atoms with van der Waals surface area (Å²) >= 11 is 0. The lowest BCUT2D eigenvalue weighted by Gasteiger charge is -2.34. The Labute approximate surface area is 205 Å². The van der Waals surface area contributed by atoms with Crippen LogP contribution in [-0.4, -0.2) is 50.2 Å². The molecule has 0 unspecified atom stereocenters. The van der Waals surface area contributed by atoms with E-state index in [1.807, 2.05) is 45.0 Å². The zero-order valence-electron chi connectivity index (χ0n) is 18.9. The molecule has 1 aliphatic heterocycles. The first-order valence-corrected chi connectivity index (χ1v) is 11.2. The second-order valence-electron chi connectivity index (χ2n) is 7.96. The van der Waals surface area contributed by atoms with Gasteiger partial charge in [0.05, 0.1) is 0 Å². The maximum absolute atomic E-state index is 13.5. The summed E-state index contributed by atoms with van der Waals surface area (Å²) in [5.74, 6) is -0.621. The highest BCUT2D eigenvalue weighted by Crippen LogP contribution is 2.26. The Morgan fingerprint density at radius 2 is 1.29 bits per heavy atom. The molecule has 34 heavy (non-hydrogen) atoms. The summed E-state index contributed by atoms with van der Waals surface area (Å²) in [6.07, 6.45) is 0.668. The zero-order chi connectivity index (χ0) is 23.0. The summed E-state index contributed by atoms with van der Waals surface area (Å²) in [4.78, 5) is 19.0. The van der Waals surface area contributed by atoms with Crippen LogP contribution in [-0.2, 0) is 0 Å². The first-order valence-electron chi connectivity index (χ1n) is 11.2.